The summed E-state index contributed by atoms with van der Waals surface area (Å²) in [7, 11) is 1.55. The van der Waals surface area contributed by atoms with Crippen molar-refractivity contribution in [3.63, 3.8) is 0 Å². The lowest BCUT2D eigenvalue weighted by molar-refractivity contribution is 0.0960. The highest BCUT2D eigenvalue weighted by atomic mass is 32.1. The average Bonchev–Trinajstić information content (AvgIpc) is 2.82. The second-order valence-electron chi connectivity index (χ2n) is 4.41. The molecule has 21 heavy (non-hydrogen) atoms. The third-order valence-corrected chi connectivity index (χ3v) is 4.09. The molecule has 112 valence electrons. The Hall–Kier alpha value is -2.21. The summed E-state index contributed by atoms with van der Waals surface area (Å²) in [4.78, 5) is 12.4. The van der Waals surface area contributed by atoms with Gasteiger partial charge in [-0.15, -0.1) is 11.3 Å². The minimum absolute atomic E-state index is 0.175. The monoisotopic (exact) mass is 305 g/mol. The number of nitrogens with one attached hydrogen (secondary N) is 2. The van der Waals surface area contributed by atoms with Crippen LogP contribution in [0.5, 0.6) is 5.75 Å². The first-order valence-corrected chi connectivity index (χ1v) is 7.51. The Bertz CT molecular complexity index is 611. The molecule has 1 heterocycles. The lowest BCUT2D eigenvalue weighted by Crippen LogP contribution is -2.22. The zero-order valence-electron chi connectivity index (χ0n) is 12.1. The van der Waals surface area contributed by atoms with Crippen molar-refractivity contribution in [2.24, 2.45) is 0 Å². The molecule has 0 fully saturated rings. The molecule has 5 nitrogen and oxygen atoms in total. The molecule has 1 aromatic carbocycles. The summed E-state index contributed by atoms with van der Waals surface area (Å²) in [6, 6.07) is 10.00. The number of rotatable bonds is 6. The SMILES string of the molecule is CCNC(=O)c1sc(NCc2ccccc2)c(OC)c1N. The number of benzene rings is 1. The van der Waals surface area contributed by atoms with Gasteiger partial charge in [-0.2, -0.15) is 0 Å². The highest BCUT2D eigenvalue weighted by Gasteiger charge is 2.21. The van der Waals surface area contributed by atoms with Gasteiger partial charge in [-0.05, 0) is 12.5 Å². The van der Waals surface area contributed by atoms with Gasteiger partial charge in [0.15, 0.2) is 5.75 Å². The van der Waals surface area contributed by atoms with E-state index in [1.807, 2.05) is 37.3 Å². The zero-order valence-corrected chi connectivity index (χ0v) is 12.9. The largest absolute Gasteiger partial charge is 0.492 e. The van der Waals surface area contributed by atoms with Gasteiger partial charge in [0.2, 0.25) is 0 Å². The van der Waals surface area contributed by atoms with Gasteiger partial charge < -0.3 is 21.1 Å². The molecule has 0 aliphatic heterocycles. The number of nitrogens with two attached hydrogens (primary N) is 1. The first-order chi connectivity index (χ1) is 10.2. The van der Waals surface area contributed by atoms with Crippen LogP contribution < -0.4 is 21.1 Å². The molecule has 1 aromatic heterocycles. The third kappa shape index (κ3) is 3.46. The van der Waals surface area contributed by atoms with Crippen LogP contribution in [0.3, 0.4) is 0 Å². The maximum atomic E-state index is 12.0. The zero-order chi connectivity index (χ0) is 15.2. The molecule has 1 amide bonds. The van der Waals surface area contributed by atoms with Crippen molar-refractivity contribution >= 4 is 27.9 Å². The smallest absolute Gasteiger partial charge is 0.263 e. The molecule has 0 saturated heterocycles. The summed E-state index contributed by atoms with van der Waals surface area (Å²) >= 11 is 1.30. The molecule has 0 saturated carbocycles. The predicted octanol–water partition coefficient (Wildman–Crippen LogP) is 2.70. The minimum Gasteiger partial charge on any atom is -0.492 e. The summed E-state index contributed by atoms with van der Waals surface area (Å²) in [5.74, 6) is 0.350. The van der Waals surface area contributed by atoms with E-state index in [-0.39, 0.29) is 5.91 Å². The number of thiophene rings is 1. The van der Waals surface area contributed by atoms with E-state index in [1.54, 1.807) is 7.11 Å². The van der Waals surface area contributed by atoms with Gasteiger partial charge in [0.25, 0.3) is 5.91 Å². The van der Waals surface area contributed by atoms with Crippen LogP contribution in [-0.2, 0) is 6.54 Å². The van der Waals surface area contributed by atoms with Crippen molar-refractivity contribution in [2.75, 3.05) is 24.7 Å². The molecular formula is C15H19N3O2S. The topological polar surface area (TPSA) is 76.4 Å². The van der Waals surface area contributed by atoms with E-state index in [1.165, 1.54) is 11.3 Å². The number of methoxy groups -OCH3 is 1. The molecule has 0 unspecified atom stereocenters. The first kappa shape index (κ1) is 15.2. The Balaban J connectivity index is 2.19. The van der Waals surface area contributed by atoms with E-state index in [2.05, 4.69) is 10.6 Å². The number of hydrogen-bond donors (Lipinski definition) is 3. The van der Waals surface area contributed by atoms with Crippen LogP contribution in [0, 0.1) is 0 Å². The van der Waals surface area contributed by atoms with Crippen LogP contribution in [0.2, 0.25) is 0 Å². The van der Waals surface area contributed by atoms with Gasteiger partial charge in [0.05, 0.1) is 7.11 Å². The van der Waals surface area contributed by atoms with Gasteiger partial charge in [-0.1, -0.05) is 30.3 Å². The Morgan fingerprint density at radius 3 is 2.67 bits per heavy atom. The normalized spacial score (nSPS) is 10.2. The molecule has 4 N–H and O–H groups in total. The second-order valence-corrected chi connectivity index (χ2v) is 5.43. The van der Waals surface area contributed by atoms with E-state index in [4.69, 9.17) is 10.5 Å². The number of carbonyl (C=O) groups is 1. The number of nitrogen functional groups attached to an aromatic ring is 1. The fraction of sp³-hybridized carbons (Fsp3) is 0.267. The van der Waals surface area contributed by atoms with Crippen LogP contribution in [0.15, 0.2) is 30.3 Å². The van der Waals surface area contributed by atoms with Gasteiger partial charge in [-0.25, -0.2) is 0 Å². The maximum absolute atomic E-state index is 12.0. The summed E-state index contributed by atoms with van der Waals surface area (Å²) in [6.07, 6.45) is 0. The van der Waals surface area contributed by atoms with Crippen LogP contribution in [0.25, 0.3) is 0 Å². The van der Waals surface area contributed by atoms with E-state index in [9.17, 15) is 4.79 Å². The van der Waals surface area contributed by atoms with Gasteiger partial charge >= 0.3 is 0 Å². The van der Waals surface area contributed by atoms with E-state index in [0.29, 0.717) is 29.4 Å². The molecule has 0 aliphatic rings. The number of carbonyl (C=O) groups excluding carboxylic acids is 1. The minimum atomic E-state index is -0.175. The van der Waals surface area contributed by atoms with Crippen molar-refractivity contribution in [3.8, 4) is 5.75 Å². The van der Waals surface area contributed by atoms with Crippen LogP contribution in [-0.4, -0.2) is 19.6 Å². The van der Waals surface area contributed by atoms with Crippen LogP contribution >= 0.6 is 11.3 Å². The second kappa shape index (κ2) is 6.99. The Kier molecular flexibility index (Phi) is 5.05. The van der Waals surface area contributed by atoms with Crippen molar-refractivity contribution in [3.05, 3.63) is 40.8 Å². The predicted molar refractivity (Wildman–Crippen MR) is 87.1 cm³/mol. The summed E-state index contributed by atoms with van der Waals surface area (Å²) in [6.45, 7) is 3.07. The summed E-state index contributed by atoms with van der Waals surface area (Å²) in [5, 5.41) is 6.79. The Morgan fingerprint density at radius 1 is 1.33 bits per heavy atom. The number of amides is 1. The van der Waals surface area contributed by atoms with E-state index < -0.39 is 0 Å². The maximum Gasteiger partial charge on any atom is 0.263 e. The molecule has 2 aromatic rings. The highest BCUT2D eigenvalue weighted by molar-refractivity contribution is 7.19. The van der Waals surface area contributed by atoms with Crippen molar-refractivity contribution < 1.29 is 9.53 Å². The lowest BCUT2D eigenvalue weighted by atomic mass is 10.2. The van der Waals surface area contributed by atoms with Crippen molar-refractivity contribution in [2.45, 2.75) is 13.5 Å². The summed E-state index contributed by atoms with van der Waals surface area (Å²) < 4.78 is 5.32. The first-order valence-electron chi connectivity index (χ1n) is 6.69. The molecule has 0 aliphatic carbocycles. The lowest BCUT2D eigenvalue weighted by Gasteiger charge is -2.06. The van der Waals surface area contributed by atoms with Gasteiger partial charge in [-0.3, -0.25) is 4.79 Å². The highest BCUT2D eigenvalue weighted by Crippen LogP contribution is 2.42. The summed E-state index contributed by atoms with van der Waals surface area (Å²) in [5.41, 5.74) is 7.52. The number of hydrogen-bond acceptors (Lipinski definition) is 5. The molecule has 0 atom stereocenters. The number of anilines is 2. The fourth-order valence-electron chi connectivity index (χ4n) is 1.94. The Labute approximate surface area is 128 Å². The van der Waals surface area contributed by atoms with Crippen molar-refractivity contribution in [1.29, 1.82) is 0 Å². The molecular weight excluding hydrogens is 286 g/mol. The third-order valence-electron chi connectivity index (χ3n) is 2.94. The molecule has 0 radical (unpaired) electrons. The van der Waals surface area contributed by atoms with Gasteiger partial charge in [0, 0.05) is 13.1 Å². The molecule has 6 heteroatoms. The quantitative estimate of drug-likeness (QED) is 0.767. The Morgan fingerprint density at radius 2 is 2.05 bits per heavy atom. The number of ether oxygens (including phenoxy) is 1. The van der Waals surface area contributed by atoms with Crippen LogP contribution in [0.1, 0.15) is 22.2 Å². The van der Waals surface area contributed by atoms with Gasteiger partial charge in [0.1, 0.15) is 15.6 Å². The van der Waals surface area contributed by atoms with Crippen molar-refractivity contribution in [1.82, 2.24) is 5.32 Å². The van der Waals surface area contributed by atoms with E-state index >= 15 is 0 Å². The average molecular weight is 305 g/mol. The fourth-order valence-corrected chi connectivity index (χ4v) is 2.94. The van der Waals surface area contributed by atoms with Crippen LogP contribution in [0.4, 0.5) is 10.7 Å². The van der Waals surface area contributed by atoms with E-state index in [0.717, 1.165) is 10.6 Å². The molecule has 0 spiro atoms. The standard InChI is InChI=1S/C15H19N3O2S/c1-3-17-14(19)13-11(16)12(20-2)15(21-13)18-9-10-7-5-4-6-8-10/h4-8,18H,3,9,16H2,1-2H3,(H,17,19). The molecule has 2 rings (SSSR count). The molecule has 0 bridgehead atoms.